The van der Waals surface area contributed by atoms with Gasteiger partial charge in [0.15, 0.2) is 0 Å². The first-order chi connectivity index (χ1) is 5.65. The standard InChI is InChI=1S/C10H14ClN/c1-7-3-4-9(11)5-10(7)8(2)6-12/h3-5,8H,6,12H2,1-2H3. The fraction of sp³-hybridized carbons (Fsp3) is 0.400. The van der Waals surface area contributed by atoms with Crippen LogP contribution in [0.5, 0.6) is 0 Å². The molecule has 0 saturated carbocycles. The van der Waals surface area contributed by atoms with Crippen molar-refractivity contribution < 1.29 is 0 Å². The van der Waals surface area contributed by atoms with Gasteiger partial charge in [0.1, 0.15) is 0 Å². The normalized spacial score (nSPS) is 13.0. The number of benzene rings is 1. The van der Waals surface area contributed by atoms with E-state index in [1.54, 1.807) is 0 Å². The van der Waals surface area contributed by atoms with Gasteiger partial charge in [0.2, 0.25) is 0 Å². The molecule has 0 fully saturated rings. The Balaban J connectivity index is 3.04. The molecule has 0 bridgehead atoms. The van der Waals surface area contributed by atoms with Crippen LogP contribution in [0.25, 0.3) is 0 Å². The zero-order valence-electron chi connectivity index (χ0n) is 7.47. The molecule has 1 aromatic rings. The molecule has 0 aromatic heterocycles. The quantitative estimate of drug-likeness (QED) is 0.750. The van der Waals surface area contributed by atoms with Crippen molar-refractivity contribution in [2.45, 2.75) is 19.8 Å². The highest BCUT2D eigenvalue weighted by Crippen LogP contribution is 2.22. The van der Waals surface area contributed by atoms with Gasteiger partial charge in [-0.25, -0.2) is 0 Å². The second kappa shape index (κ2) is 3.92. The molecule has 0 aliphatic carbocycles. The second-order valence-electron chi connectivity index (χ2n) is 3.14. The summed E-state index contributed by atoms with van der Waals surface area (Å²) in [6.45, 7) is 4.86. The lowest BCUT2D eigenvalue weighted by atomic mass is 9.97. The van der Waals surface area contributed by atoms with Crippen molar-refractivity contribution >= 4 is 11.6 Å². The zero-order chi connectivity index (χ0) is 9.14. The highest BCUT2D eigenvalue weighted by atomic mass is 35.5. The minimum atomic E-state index is 0.392. The van der Waals surface area contributed by atoms with Gasteiger partial charge in [-0.1, -0.05) is 24.6 Å². The van der Waals surface area contributed by atoms with Gasteiger partial charge in [0.05, 0.1) is 0 Å². The molecule has 0 radical (unpaired) electrons. The zero-order valence-corrected chi connectivity index (χ0v) is 8.23. The molecule has 0 saturated heterocycles. The lowest BCUT2D eigenvalue weighted by Crippen LogP contribution is -2.09. The maximum atomic E-state index is 5.88. The average Bonchev–Trinajstić information content (AvgIpc) is 2.08. The Labute approximate surface area is 78.5 Å². The average molecular weight is 184 g/mol. The van der Waals surface area contributed by atoms with E-state index >= 15 is 0 Å². The van der Waals surface area contributed by atoms with E-state index in [0.717, 1.165) is 5.02 Å². The summed E-state index contributed by atoms with van der Waals surface area (Å²) in [6.07, 6.45) is 0. The van der Waals surface area contributed by atoms with Crippen molar-refractivity contribution in [1.82, 2.24) is 0 Å². The van der Waals surface area contributed by atoms with Crippen molar-refractivity contribution in [1.29, 1.82) is 0 Å². The Hall–Kier alpha value is -0.530. The summed E-state index contributed by atoms with van der Waals surface area (Å²) in [5, 5.41) is 0.788. The molecule has 0 amide bonds. The maximum absolute atomic E-state index is 5.88. The van der Waals surface area contributed by atoms with Crippen LogP contribution in [0.15, 0.2) is 18.2 Å². The van der Waals surface area contributed by atoms with Crippen molar-refractivity contribution in [2.75, 3.05) is 6.54 Å². The molecule has 2 heteroatoms. The molecular weight excluding hydrogens is 170 g/mol. The van der Waals surface area contributed by atoms with Crippen molar-refractivity contribution in [3.8, 4) is 0 Å². The minimum absolute atomic E-state index is 0.392. The summed E-state index contributed by atoms with van der Waals surface area (Å²) < 4.78 is 0. The van der Waals surface area contributed by atoms with Crippen molar-refractivity contribution in [2.24, 2.45) is 5.73 Å². The summed E-state index contributed by atoms with van der Waals surface area (Å²) in [7, 11) is 0. The summed E-state index contributed by atoms with van der Waals surface area (Å²) >= 11 is 5.88. The third-order valence-corrected chi connectivity index (χ3v) is 2.36. The molecular formula is C10H14ClN. The van der Waals surface area contributed by atoms with Crippen LogP contribution in [0.4, 0.5) is 0 Å². The number of halogens is 1. The van der Waals surface area contributed by atoms with Gasteiger partial charge in [-0.2, -0.15) is 0 Å². The third kappa shape index (κ3) is 1.99. The first-order valence-corrected chi connectivity index (χ1v) is 4.49. The van der Waals surface area contributed by atoms with Crippen LogP contribution in [0.1, 0.15) is 24.0 Å². The van der Waals surface area contributed by atoms with Crippen LogP contribution in [0.2, 0.25) is 5.02 Å². The monoisotopic (exact) mass is 183 g/mol. The van der Waals surface area contributed by atoms with E-state index in [2.05, 4.69) is 13.8 Å². The fourth-order valence-electron chi connectivity index (χ4n) is 1.27. The molecule has 1 rings (SSSR count). The molecule has 0 aliphatic rings. The molecule has 1 nitrogen and oxygen atoms in total. The van der Waals surface area contributed by atoms with Crippen LogP contribution >= 0.6 is 11.6 Å². The van der Waals surface area contributed by atoms with E-state index in [0.29, 0.717) is 12.5 Å². The summed E-state index contributed by atoms with van der Waals surface area (Å²) in [6, 6.07) is 5.93. The summed E-state index contributed by atoms with van der Waals surface area (Å²) in [5.74, 6) is 0.392. The van der Waals surface area contributed by atoms with Gasteiger partial charge >= 0.3 is 0 Å². The minimum Gasteiger partial charge on any atom is -0.330 e. The molecule has 1 aromatic carbocycles. The van der Waals surface area contributed by atoms with Crippen LogP contribution in [0.3, 0.4) is 0 Å². The van der Waals surface area contributed by atoms with Crippen molar-refractivity contribution in [3.63, 3.8) is 0 Å². The molecule has 1 atom stereocenters. The molecule has 12 heavy (non-hydrogen) atoms. The Kier molecular flexibility index (Phi) is 3.12. The molecule has 0 heterocycles. The predicted octanol–water partition coefficient (Wildman–Crippen LogP) is 2.71. The molecule has 66 valence electrons. The van der Waals surface area contributed by atoms with Crippen LogP contribution in [-0.2, 0) is 0 Å². The topological polar surface area (TPSA) is 26.0 Å². The van der Waals surface area contributed by atoms with Gasteiger partial charge in [0, 0.05) is 5.02 Å². The summed E-state index contributed by atoms with van der Waals surface area (Å²) in [4.78, 5) is 0. The predicted molar refractivity (Wildman–Crippen MR) is 53.7 cm³/mol. The van der Waals surface area contributed by atoms with Gasteiger partial charge in [0.25, 0.3) is 0 Å². The lowest BCUT2D eigenvalue weighted by molar-refractivity contribution is 0.768. The van der Waals surface area contributed by atoms with Crippen molar-refractivity contribution in [3.05, 3.63) is 34.3 Å². The van der Waals surface area contributed by atoms with Gasteiger partial charge in [-0.15, -0.1) is 0 Å². The smallest absolute Gasteiger partial charge is 0.0409 e. The van der Waals surface area contributed by atoms with Gasteiger partial charge in [-0.3, -0.25) is 0 Å². The maximum Gasteiger partial charge on any atom is 0.0409 e. The van der Waals surface area contributed by atoms with E-state index in [1.165, 1.54) is 11.1 Å². The number of hydrogen-bond donors (Lipinski definition) is 1. The number of nitrogens with two attached hydrogens (primary N) is 1. The first-order valence-electron chi connectivity index (χ1n) is 4.11. The fourth-order valence-corrected chi connectivity index (χ4v) is 1.45. The summed E-state index contributed by atoms with van der Waals surface area (Å²) in [5.41, 5.74) is 8.10. The van der Waals surface area contributed by atoms with E-state index in [-0.39, 0.29) is 0 Å². The largest absolute Gasteiger partial charge is 0.330 e. The van der Waals surface area contributed by atoms with Crippen LogP contribution in [0, 0.1) is 6.92 Å². The molecule has 2 N–H and O–H groups in total. The Morgan fingerprint density at radius 2 is 2.17 bits per heavy atom. The van der Waals surface area contributed by atoms with Gasteiger partial charge in [-0.05, 0) is 42.6 Å². The van der Waals surface area contributed by atoms with Crippen LogP contribution in [-0.4, -0.2) is 6.54 Å². The molecule has 1 unspecified atom stereocenters. The number of rotatable bonds is 2. The SMILES string of the molecule is Cc1ccc(Cl)cc1C(C)CN. The second-order valence-corrected chi connectivity index (χ2v) is 3.57. The van der Waals surface area contributed by atoms with Crippen LogP contribution < -0.4 is 5.73 Å². The number of hydrogen-bond acceptors (Lipinski definition) is 1. The first kappa shape index (κ1) is 9.56. The molecule has 0 spiro atoms. The Bertz CT molecular complexity index is 271. The Morgan fingerprint density at radius 1 is 1.50 bits per heavy atom. The molecule has 0 aliphatic heterocycles. The van der Waals surface area contributed by atoms with E-state index in [4.69, 9.17) is 17.3 Å². The Morgan fingerprint density at radius 3 is 2.75 bits per heavy atom. The van der Waals surface area contributed by atoms with E-state index in [9.17, 15) is 0 Å². The number of aryl methyl sites for hydroxylation is 1. The lowest BCUT2D eigenvalue weighted by Gasteiger charge is -2.12. The highest BCUT2D eigenvalue weighted by Gasteiger charge is 2.06. The van der Waals surface area contributed by atoms with E-state index < -0.39 is 0 Å². The third-order valence-electron chi connectivity index (χ3n) is 2.13. The highest BCUT2D eigenvalue weighted by molar-refractivity contribution is 6.30. The van der Waals surface area contributed by atoms with Gasteiger partial charge < -0.3 is 5.73 Å². The van der Waals surface area contributed by atoms with E-state index in [1.807, 2.05) is 18.2 Å².